The van der Waals surface area contributed by atoms with Crippen molar-refractivity contribution < 1.29 is 8.42 Å². The lowest BCUT2D eigenvalue weighted by Gasteiger charge is -2.12. The number of nitrogens with one attached hydrogen (secondary N) is 1. The zero-order valence-electron chi connectivity index (χ0n) is 12.0. The second kappa shape index (κ2) is 5.99. The number of anilines is 2. The third-order valence-corrected chi connectivity index (χ3v) is 5.40. The quantitative estimate of drug-likeness (QED) is 0.708. The first kappa shape index (κ1) is 16.0. The van der Waals surface area contributed by atoms with Crippen LogP contribution >= 0.6 is 23.2 Å². The largest absolute Gasteiger partial charge is 0.337 e. The molecule has 0 atom stereocenters. The van der Waals surface area contributed by atoms with Crippen molar-refractivity contribution in [2.45, 2.75) is 6.92 Å². The number of hydrogen-bond acceptors (Lipinski definition) is 5. The number of para-hydroxylation sites is 1. The maximum atomic E-state index is 12.3. The van der Waals surface area contributed by atoms with E-state index in [0.717, 1.165) is 5.39 Å². The smallest absolute Gasteiger partial charge is 0.238 e. The summed E-state index contributed by atoms with van der Waals surface area (Å²) in [5.41, 5.74) is 1.08. The minimum absolute atomic E-state index is 0.00872. The molecule has 6 nitrogen and oxygen atoms in total. The van der Waals surface area contributed by atoms with Gasteiger partial charge in [0.05, 0.1) is 23.2 Å². The highest BCUT2D eigenvalue weighted by Crippen LogP contribution is 2.30. The molecule has 0 amide bonds. The van der Waals surface area contributed by atoms with Gasteiger partial charge in [0, 0.05) is 11.6 Å². The van der Waals surface area contributed by atoms with Gasteiger partial charge in [-0.15, -0.1) is 0 Å². The molecule has 0 aliphatic carbocycles. The first-order valence-corrected chi connectivity index (χ1v) is 9.07. The Kier molecular flexibility index (Phi) is 4.18. The maximum Gasteiger partial charge on any atom is 0.238 e. The van der Waals surface area contributed by atoms with Gasteiger partial charge in [-0.25, -0.2) is 17.4 Å². The molecule has 3 rings (SSSR count). The lowest BCUT2D eigenvalue weighted by Crippen LogP contribution is -2.14. The first-order valence-electron chi connectivity index (χ1n) is 6.71. The van der Waals surface area contributed by atoms with Crippen molar-refractivity contribution in [3.63, 3.8) is 0 Å². The van der Waals surface area contributed by atoms with E-state index in [0.29, 0.717) is 17.0 Å². The van der Waals surface area contributed by atoms with Crippen molar-refractivity contribution in [3.8, 4) is 0 Å². The van der Waals surface area contributed by atoms with E-state index in [-0.39, 0.29) is 16.1 Å². The van der Waals surface area contributed by atoms with E-state index in [4.69, 9.17) is 23.2 Å². The van der Waals surface area contributed by atoms with Gasteiger partial charge >= 0.3 is 0 Å². The van der Waals surface area contributed by atoms with E-state index in [2.05, 4.69) is 15.3 Å². The van der Waals surface area contributed by atoms with Crippen LogP contribution in [0, 0.1) is 0 Å². The number of nitrogens with zero attached hydrogens (tertiary/aromatic N) is 3. The van der Waals surface area contributed by atoms with E-state index >= 15 is 0 Å². The van der Waals surface area contributed by atoms with Crippen LogP contribution in [0.15, 0.2) is 36.7 Å². The number of fused-ring (bicyclic) bond motifs is 1. The van der Waals surface area contributed by atoms with E-state index in [1.807, 2.05) is 12.1 Å². The molecule has 23 heavy (non-hydrogen) atoms. The van der Waals surface area contributed by atoms with Gasteiger partial charge < -0.3 is 5.32 Å². The fourth-order valence-corrected chi connectivity index (χ4v) is 3.47. The van der Waals surface area contributed by atoms with Crippen LogP contribution in [0.3, 0.4) is 0 Å². The zero-order valence-corrected chi connectivity index (χ0v) is 14.3. The summed E-state index contributed by atoms with van der Waals surface area (Å²) in [6.07, 6.45) is 2.91. The molecule has 0 spiro atoms. The molecule has 0 unspecified atom stereocenters. The summed E-state index contributed by atoms with van der Waals surface area (Å²) >= 11 is 11.8. The second-order valence-electron chi connectivity index (χ2n) is 4.72. The molecule has 1 N–H and O–H groups in total. The Balaban J connectivity index is 2.18. The monoisotopic (exact) mass is 370 g/mol. The topological polar surface area (TPSA) is 76.9 Å². The van der Waals surface area contributed by atoms with Crippen molar-refractivity contribution in [2.75, 3.05) is 11.1 Å². The van der Waals surface area contributed by atoms with Gasteiger partial charge in [-0.1, -0.05) is 23.7 Å². The van der Waals surface area contributed by atoms with Crippen molar-refractivity contribution in [2.24, 2.45) is 0 Å². The molecular formula is C14H12Cl2N4O2S. The lowest BCUT2D eigenvalue weighted by atomic mass is 10.2. The van der Waals surface area contributed by atoms with Gasteiger partial charge in [-0.05, 0) is 30.7 Å². The average molecular weight is 371 g/mol. The van der Waals surface area contributed by atoms with Gasteiger partial charge in [0.25, 0.3) is 0 Å². The van der Waals surface area contributed by atoms with E-state index in [1.165, 1.54) is 16.4 Å². The van der Waals surface area contributed by atoms with Crippen LogP contribution in [0.25, 0.3) is 10.9 Å². The Morgan fingerprint density at radius 2 is 2.04 bits per heavy atom. The average Bonchev–Trinajstić information content (AvgIpc) is 2.97. The van der Waals surface area contributed by atoms with Crippen LogP contribution < -0.4 is 5.32 Å². The molecule has 9 heteroatoms. The van der Waals surface area contributed by atoms with E-state index in [1.54, 1.807) is 19.1 Å². The second-order valence-corrected chi connectivity index (χ2v) is 7.60. The first-order chi connectivity index (χ1) is 10.9. The Labute approximate surface area is 143 Å². The number of hydrogen-bond donors (Lipinski definition) is 1. The molecule has 0 saturated heterocycles. The van der Waals surface area contributed by atoms with Crippen molar-refractivity contribution >= 4 is 55.6 Å². The fourth-order valence-electron chi connectivity index (χ4n) is 2.20. The molecule has 0 aliphatic heterocycles. The molecule has 0 bridgehead atoms. The molecule has 2 heterocycles. The normalized spacial score (nSPS) is 11.8. The molecule has 0 aliphatic rings. The number of halogens is 2. The van der Waals surface area contributed by atoms with Gasteiger partial charge in [0.1, 0.15) is 5.02 Å². The predicted octanol–water partition coefficient (Wildman–Crippen LogP) is 3.68. The van der Waals surface area contributed by atoms with Crippen molar-refractivity contribution in [1.82, 2.24) is 13.9 Å². The highest BCUT2D eigenvalue weighted by Gasteiger charge is 2.17. The summed E-state index contributed by atoms with van der Waals surface area (Å²) in [7, 11) is -3.43. The molecule has 120 valence electrons. The number of aromatic nitrogens is 3. The van der Waals surface area contributed by atoms with Crippen LogP contribution in [0.5, 0.6) is 0 Å². The highest BCUT2D eigenvalue weighted by atomic mass is 35.5. The third kappa shape index (κ3) is 2.99. The van der Waals surface area contributed by atoms with Crippen LogP contribution in [0.4, 0.5) is 11.5 Å². The maximum absolute atomic E-state index is 12.3. The molecule has 0 radical (unpaired) electrons. The zero-order chi connectivity index (χ0) is 16.6. The van der Waals surface area contributed by atoms with Crippen LogP contribution in [0.1, 0.15) is 6.92 Å². The predicted molar refractivity (Wildman–Crippen MR) is 92.1 cm³/mol. The van der Waals surface area contributed by atoms with Crippen molar-refractivity contribution in [1.29, 1.82) is 0 Å². The Bertz CT molecular complexity index is 986. The summed E-state index contributed by atoms with van der Waals surface area (Å²) in [6, 6.07) is 7.12. The SMILES string of the molecule is CCS(=O)(=O)n1ccc2cccc(Nc3nc(Cl)ncc3Cl)c21. The summed E-state index contributed by atoms with van der Waals surface area (Å²) in [5, 5.41) is 4.13. The van der Waals surface area contributed by atoms with Crippen LogP contribution in [-0.2, 0) is 10.0 Å². The molecule has 1 aromatic carbocycles. The number of benzene rings is 1. The van der Waals surface area contributed by atoms with Gasteiger partial charge in [-0.3, -0.25) is 0 Å². The minimum atomic E-state index is -3.43. The highest BCUT2D eigenvalue weighted by molar-refractivity contribution is 7.90. The summed E-state index contributed by atoms with van der Waals surface area (Å²) in [5.74, 6) is 0.298. The molecule has 2 aromatic heterocycles. The van der Waals surface area contributed by atoms with Crippen molar-refractivity contribution in [3.05, 3.63) is 47.0 Å². The van der Waals surface area contributed by atoms with Gasteiger partial charge in [0.2, 0.25) is 15.3 Å². The molecule has 0 saturated carbocycles. The molecule has 0 fully saturated rings. The third-order valence-electron chi connectivity index (χ3n) is 3.31. The minimum Gasteiger partial charge on any atom is -0.337 e. The van der Waals surface area contributed by atoms with E-state index < -0.39 is 10.0 Å². The Morgan fingerprint density at radius 1 is 1.26 bits per heavy atom. The standard InChI is InChI=1S/C14H12Cl2N4O2S/c1-2-23(21,22)20-7-6-9-4-3-5-11(12(9)20)18-13-10(15)8-17-14(16)19-13/h3-8H,2H2,1H3,(H,17,18,19). The number of rotatable bonds is 4. The van der Waals surface area contributed by atoms with Crippen LogP contribution in [0.2, 0.25) is 10.3 Å². The molecule has 3 aromatic rings. The van der Waals surface area contributed by atoms with Gasteiger partial charge in [0.15, 0.2) is 5.82 Å². The lowest BCUT2D eigenvalue weighted by molar-refractivity contribution is 0.590. The summed E-state index contributed by atoms with van der Waals surface area (Å²) in [4.78, 5) is 7.81. The Hall–Kier alpha value is -1.83. The van der Waals surface area contributed by atoms with Crippen LogP contribution in [-0.4, -0.2) is 28.1 Å². The summed E-state index contributed by atoms with van der Waals surface area (Å²) < 4.78 is 25.8. The molecular weight excluding hydrogens is 359 g/mol. The van der Waals surface area contributed by atoms with E-state index in [9.17, 15) is 8.42 Å². The fraction of sp³-hybridized carbons (Fsp3) is 0.143. The summed E-state index contributed by atoms with van der Waals surface area (Å²) in [6.45, 7) is 1.60. The Morgan fingerprint density at radius 3 is 2.78 bits per heavy atom. The van der Waals surface area contributed by atoms with Gasteiger partial charge in [-0.2, -0.15) is 4.98 Å².